The van der Waals surface area contributed by atoms with Crippen molar-refractivity contribution in [3.8, 4) is 0 Å². The van der Waals surface area contributed by atoms with Gasteiger partial charge in [0.1, 0.15) is 0 Å². The number of hydrogen-bond donors (Lipinski definition) is 1. The number of aromatic nitrogens is 2. The predicted molar refractivity (Wildman–Crippen MR) is 72.5 cm³/mol. The summed E-state index contributed by atoms with van der Waals surface area (Å²) in [6.07, 6.45) is 4.17. The van der Waals surface area contributed by atoms with Crippen LogP contribution in [0, 0.1) is 5.92 Å². The van der Waals surface area contributed by atoms with Crippen molar-refractivity contribution in [2.24, 2.45) is 5.92 Å². The molecule has 2 heterocycles. The normalized spacial score (nSPS) is 13.6. The van der Waals surface area contributed by atoms with Crippen molar-refractivity contribution in [3.63, 3.8) is 0 Å². The number of imidazole rings is 1. The standard InChI is InChI=1S/C12H20N4S/c1-10(6-13-2)7-15(3)8-11-9-16-4-5-17-12(16)14-11/h4-5,9-10,13H,6-8H2,1-3H3. The van der Waals surface area contributed by atoms with Crippen LogP contribution in [0.1, 0.15) is 12.6 Å². The molecule has 94 valence electrons. The van der Waals surface area contributed by atoms with Gasteiger partial charge in [0.05, 0.1) is 5.69 Å². The summed E-state index contributed by atoms with van der Waals surface area (Å²) in [6, 6.07) is 0. The van der Waals surface area contributed by atoms with Crippen LogP contribution in [0.15, 0.2) is 17.8 Å². The van der Waals surface area contributed by atoms with Crippen molar-refractivity contribution in [1.82, 2.24) is 19.6 Å². The zero-order chi connectivity index (χ0) is 12.3. The summed E-state index contributed by atoms with van der Waals surface area (Å²) in [5, 5.41) is 5.27. The van der Waals surface area contributed by atoms with Crippen molar-refractivity contribution in [3.05, 3.63) is 23.5 Å². The highest BCUT2D eigenvalue weighted by atomic mass is 32.1. The highest BCUT2D eigenvalue weighted by Crippen LogP contribution is 2.12. The first-order valence-electron chi connectivity index (χ1n) is 5.93. The van der Waals surface area contributed by atoms with E-state index in [-0.39, 0.29) is 0 Å². The van der Waals surface area contributed by atoms with Gasteiger partial charge in [-0.1, -0.05) is 6.92 Å². The summed E-state index contributed by atoms with van der Waals surface area (Å²) in [5.74, 6) is 0.661. The highest BCUT2D eigenvalue weighted by Gasteiger charge is 2.09. The second kappa shape index (κ2) is 5.62. The lowest BCUT2D eigenvalue weighted by atomic mass is 10.1. The number of nitrogens with zero attached hydrogens (tertiary/aromatic N) is 3. The molecular formula is C12H20N4S. The lowest BCUT2D eigenvalue weighted by Gasteiger charge is -2.20. The molecule has 0 aromatic carbocycles. The first-order valence-corrected chi connectivity index (χ1v) is 6.81. The van der Waals surface area contributed by atoms with Crippen LogP contribution in [0.2, 0.25) is 0 Å². The molecule has 0 saturated heterocycles. The highest BCUT2D eigenvalue weighted by molar-refractivity contribution is 7.15. The largest absolute Gasteiger partial charge is 0.319 e. The van der Waals surface area contributed by atoms with E-state index >= 15 is 0 Å². The van der Waals surface area contributed by atoms with Crippen LogP contribution in [0.5, 0.6) is 0 Å². The Hall–Kier alpha value is -0.910. The lowest BCUT2D eigenvalue weighted by molar-refractivity contribution is 0.274. The van der Waals surface area contributed by atoms with Gasteiger partial charge in [0.2, 0.25) is 0 Å². The zero-order valence-electron chi connectivity index (χ0n) is 10.7. The topological polar surface area (TPSA) is 32.6 Å². The molecule has 0 aliphatic carbocycles. The van der Waals surface area contributed by atoms with Crippen molar-refractivity contribution in [2.45, 2.75) is 13.5 Å². The van der Waals surface area contributed by atoms with Crippen LogP contribution in [0.4, 0.5) is 0 Å². The maximum absolute atomic E-state index is 4.59. The third kappa shape index (κ3) is 3.28. The Bertz CT molecular complexity index is 433. The van der Waals surface area contributed by atoms with Gasteiger partial charge >= 0.3 is 0 Å². The number of fused-ring (bicyclic) bond motifs is 1. The van der Waals surface area contributed by atoms with Crippen LogP contribution in [-0.4, -0.2) is 41.5 Å². The summed E-state index contributed by atoms with van der Waals surface area (Å²) in [4.78, 5) is 8.00. The molecule has 0 spiro atoms. The molecule has 17 heavy (non-hydrogen) atoms. The molecule has 2 aromatic rings. The molecule has 0 aliphatic rings. The van der Waals surface area contributed by atoms with E-state index in [1.54, 1.807) is 11.3 Å². The molecule has 0 bridgehead atoms. The zero-order valence-corrected chi connectivity index (χ0v) is 11.5. The molecule has 1 N–H and O–H groups in total. The van der Waals surface area contributed by atoms with Crippen LogP contribution >= 0.6 is 11.3 Å². The molecule has 0 fully saturated rings. The molecule has 0 aliphatic heterocycles. The van der Waals surface area contributed by atoms with Gasteiger partial charge in [-0.2, -0.15) is 0 Å². The van der Waals surface area contributed by atoms with E-state index in [0.29, 0.717) is 5.92 Å². The fraction of sp³-hybridized carbons (Fsp3) is 0.583. The van der Waals surface area contributed by atoms with E-state index in [0.717, 1.165) is 30.3 Å². The van der Waals surface area contributed by atoms with Gasteiger partial charge in [0.25, 0.3) is 0 Å². The number of rotatable bonds is 6. The Morgan fingerprint density at radius 3 is 3.12 bits per heavy atom. The maximum atomic E-state index is 4.59. The minimum Gasteiger partial charge on any atom is -0.319 e. The Morgan fingerprint density at radius 1 is 1.59 bits per heavy atom. The molecule has 2 rings (SSSR count). The average molecular weight is 252 g/mol. The van der Waals surface area contributed by atoms with E-state index < -0.39 is 0 Å². The SMILES string of the molecule is CNCC(C)CN(C)Cc1cn2ccsc2n1. The number of hydrogen-bond acceptors (Lipinski definition) is 4. The second-order valence-corrected chi connectivity index (χ2v) is 5.56. The van der Waals surface area contributed by atoms with Crippen molar-refractivity contribution in [2.75, 3.05) is 27.2 Å². The molecule has 0 radical (unpaired) electrons. The molecule has 0 saturated carbocycles. The lowest BCUT2D eigenvalue weighted by Crippen LogP contribution is -2.29. The Labute approximate surface area is 106 Å². The van der Waals surface area contributed by atoms with Gasteiger partial charge in [-0.25, -0.2) is 4.98 Å². The summed E-state index contributed by atoms with van der Waals surface area (Å²) in [7, 11) is 4.15. The van der Waals surface area contributed by atoms with Gasteiger partial charge in [-0.15, -0.1) is 11.3 Å². The van der Waals surface area contributed by atoms with Gasteiger partial charge in [-0.3, -0.25) is 4.40 Å². The average Bonchev–Trinajstić information content (AvgIpc) is 2.77. The van der Waals surface area contributed by atoms with E-state index in [1.165, 1.54) is 0 Å². The fourth-order valence-corrected chi connectivity index (χ4v) is 2.86. The smallest absolute Gasteiger partial charge is 0.193 e. The minimum absolute atomic E-state index is 0.661. The molecule has 0 amide bonds. The molecule has 5 heteroatoms. The minimum atomic E-state index is 0.661. The summed E-state index contributed by atoms with van der Waals surface area (Å²) in [5.41, 5.74) is 1.15. The van der Waals surface area contributed by atoms with Gasteiger partial charge < -0.3 is 10.2 Å². The monoisotopic (exact) mass is 252 g/mol. The van der Waals surface area contributed by atoms with E-state index in [2.05, 4.69) is 51.3 Å². The molecule has 1 unspecified atom stereocenters. The summed E-state index contributed by atoms with van der Waals surface area (Å²) >= 11 is 1.68. The second-order valence-electron chi connectivity index (χ2n) is 4.68. The van der Waals surface area contributed by atoms with Gasteiger partial charge in [-0.05, 0) is 26.6 Å². The molecule has 2 aromatic heterocycles. The summed E-state index contributed by atoms with van der Waals surface area (Å²) in [6.45, 7) is 5.33. The van der Waals surface area contributed by atoms with Gasteiger partial charge in [0, 0.05) is 30.9 Å². The van der Waals surface area contributed by atoms with Gasteiger partial charge in [0.15, 0.2) is 4.96 Å². The van der Waals surface area contributed by atoms with Crippen LogP contribution in [-0.2, 0) is 6.54 Å². The van der Waals surface area contributed by atoms with Crippen LogP contribution < -0.4 is 5.32 Å². The van der Waals surface area contributed by atoms with E-state index in [9.17, 15) is 0 Å². The Kier molecular flexibility index (Phi) is 4.15. The van der Waals surface area contributed by atoms with E-state index in [4.69, 9.17) is 0 Å². The van der Waals surface area contributed by atoms with Crippen molar-refractivity contribution in [1.29, 1.82) is 0 Å². The first kappa shape index (κ1) is 12.5. The molecular weight excluding hydrogens is 232 g/mol. The Balaban J connectivity index is 1.89. The van der Waals surface area contributed by atoms with Crippen molar-refractivity contribution < 1.29 is 0 Å². The maximum Gasteiger partial charge on any atom is 0.193 e. The predicted octanol–water partition coefficient (Wildman–Crippen LogP) is 1.68. The molecule has 4 nitrogen and oxygen atoms in total. The fourth-order valence-electron chi connectivity index (χ4n) is 2.14. The van der Waals surface area contributed by atoms with E-state index in [1.807, 2.05) is 7.05 Å². The third-order valence-electron chi connectivity index (χ3n) is 2.75. The van der Waals surface area contributed by atoms with Crippen molar-refractivity contribution >= 4 is 16.3 Å². The number of nitrogens with one attached hydrogen (secondary N) is 1. The summed E-state index contributed by atoms with van der Waals surface area (Å²) < 4.78 is 2.09. The number of thiazole rings is 1. The molecule has 1 atom stereocenters. The Morgan fingerprint density at radius 2 is 2.41 bits per heavy atom. The quantitative estimate of drug-likeness (QED) is 0.849. The first-order chi connectivity index (χ1) is 8.19. The van der Waals surface area contributed by atoms with Crippen LogP contribution in [0.25, 0.3) is 4.96 Å². The third-order valence-corrected chi connectivity index (χ3v) is 3.52. The van der Waals surface area contributed by atoms with Crippen LogP contribution in [0.3, 0.4) is 0 Å².